The molecule has 0 radical (unpaired) electrons. The number of fused-ring (bicyclic) bond motifs is 2. The van der Waals surface area contributed by atoms with Crippen molar-refractivity contribution in [1.82, 2.24) is 5.06 Å². The highest BCUT2D eigenvalue weighted by Gasteiger charge is 2.44. The van der Waals surface area contributed by atoms with Gasteiger partial charge in [-0.3, -0.25) is 5.21 Å². The molecule has 2 aromatic carbocycles. The lowest BCUT2D eigenvalue weighted by atomic mass is 9.78. The number of hydrogen-bond donors (Lipinski definition) is 2. The van der Waals surface area contributed by atoms with Crippen LogP contribution in [0.2, 0.25) is 0 Å². The molecule has 4 rings (SSSR count). The van der Waals surface area contributed by atoms with Gasteiger partial charge in [0.05, 0.1) is 0 Å². The van der Waals surface area contributed by atoms with Crippen molar-refractivity contribution in [3.05, 3.63) is 70.4 Å². The van der Waals surface area contributed by atoms with Crippen LogP contribution in [0.25, 0.3) is 20.2 Å². The summed E-state index contributed by atoms with van der Waals surface area (Å²) in [7, 11) is 0. The molecule has 3 N–H and O–H groups in total. The van der Waals surface area contributed by atoms with E-state index in [0.29, 0.717) is 6.42 Å². The molecule has 2 aromatic heterocycles. The van der Waals surface area contributed by atoms with Crippen molar-refractivity contribution in [3.8, 4) is 0 Å². The summed E-state index contributed by atoms with van der Waals surface area (Å²) in [5.74, 6) is 0. The maximum absolute atomic E-state index is 12.2. The minimum atomic E-state index is -1.03. The summed E-state index contributed by atoms with van der Waals surface area (Å²) in [5.41, 5.74) is 6.39. The molecule has 0 spiro atoms. The predicted molar refractivity (Wildman–Crippen MR) is 113 cm³/mol. The summed E-state index contributed by atoms with van der Waals surface area (Å²) < 4.78 is 2.23. The Bertz CT molecular complexity index is 1040. The second-order valence-electron chi connectivity index (χ2n) is 6.55. The lowest BCUT2D eigenvalue weighted by Crippen LogP contribution is -2.50. The van der Waals surface area contributed by atoms with E-state index in [1.165, 1.54) is 0 Å². The maximum Gasteiger partial charge on any atom is 0.339 e. The van der Waals surface area contributed by atoms with Crippen molar-refractivity contribution in [2.75, 3.05) is 0 Å². The Labute approximate surface area is 165 Å². The van der Waals surface area contributed by atoms with E-state index in [-0.39, 0.29) is 0 Å². The molecule has 27 heavy (non-hydrogen) atoms. The minimum Gasteiger partial charge on any atom is -0.350 e. The van der Waals surface area contributed by atoms with Crippen LogP contribution in [0.3, 0.4) is 0 Å². The summed E-state index contributed by atoms with van der Waals surface area (Å²) >= 11 is 3.22. The Morgan fingerprint density at radius 2 is 1.48 bits per heavy atom. The quantitative estimate of drug-likeness (QED) is 0.324. The van der Waals surface area contributed by atoms with E-state index in [2.05, 4.69) is 12.1 Å². The lowest BCUT2D eigenvalue weighted by molar-refractivity contribution is -0.114. The number of hydrogen-bond acceptors (Lipinski definition) is 4. The van der Waals surface area contributed by atoms with Gasteiger partial charge in [0.15, 0.2) is 0 Å². The van der Waals surface area contributed by atoms with Gasteiger partial charge in [0.1, 0.15) is 5.54 Å². The molecule has 6 heteroatoms. The first kappa shape index (κ1) is 18.0. The number of hydroxylamine groups is 2. The zero-order chi connectivity index (χ0) is 19.0. The molecule has 2 heterocycles. The van der Waals surface area contributed by atoms with Crippen LogP contribution in [0.15, 0.2) is 59.3 Å². The highest BCUT2D eigenvalue weighted by atomic mass is 32.1. The van der Waals surface area contributed by atoms with Crippen LogP contribution in [-0.4, -0.2) is 16.3 Å². The molecule has 0 atom stereocenters. The molecule has 138 valence electrons. The van der Waals surface area contributed by atoms with E-state index in [0.717, 1.165) is 42.8 Å². The van der Waals surface area contributed by atoms with Gasteiger partial charge in [-0.2, -0.15) is 5.06 Å². The smallest absolute Gasteiger partial charge is 0.339 e. The molecular weight excluding hydrogens is 376 g/mol. The second-order valence-corrected chi connectivity index (χ2v) is 8.37. The maximum atomic E-state index is 12.2. The van der Waals surface area contributed by atoms with Gasteiger partial charge < -0.3 is 5.73 Å². The van der Waals surface area contributed by atoms with E-state index in [4.69, 9.17) is 5.73 Å². The third kappa shape index (κ3) is 2.72. The van der Waals surface area contributed by atoms with E-state index in [1.54, 1.807) is 22.7 Å². The molecule has 4 aromatic rings. The topological polar surface area (TPSA) is 66.6 Å². The molecule has 0 fully saturated rings. The van der Waals surface area contributed by atoms with Gasteiger partial charge in [0.25, 0.3) is 0 Å². The zero-order valence-corrected chi connectivity index (χ0v) is 16.5. The molecule has 0 bridgehead atoms. The molecular formula is C21H20N2O2S2. The molecule has 0 aliphatic heterocycles. The second kappa shape index (κ2) is 6.96. The average molecular weight is 397 g/mol. The normalized spacial score (nSPS) is 11.9. The molecule has 0 saturated heterocycles. The third-order valence-electron chi connectivity index (χ3n) is 5.04. The molecule has 0 aliphatic carbocycles. The van der Waals surface area contributed by atoms with Gasteiger partial charge in [0, 0.05) is 20.5 Å². The Hall–Kier alpha value is -2.41. The number of urea groups is 1. The summed E-state index contributed by atoms with van der Waals surface area (Å²) in [6.07, 6.45) is 1.34. The summed E-state index contributed by atoms with van der Waals surface area (Å²) in [6.45, 7) is 2.05. The van der Waals surface area contributed by atoms with E-state index >= 15 is 0 Å². The van der Waals surface area contributed by atoms with Gasteiger partial charge in [-0.25, -0.2) is 4.79 Å². The van der Waals surface area contributed by atoms with Crippen LogP contribution in [0, 0.1) is 0 Å². The zero-order valence-electron chi connectivity index (χ0n) is 14.9. The summed E-state index contributed by atoms with van der Waals surface area (Å²) in [4.78, 5) is 12.2. The first-order valence-electron chi connectivity index (χ1n) is 8.81. The highest BCUT2D eigenvalue weighted by molar-refractivity contribution is 7.17. The Morgan fingerprint density at radius 1 is 1.00 bits per heavy atom. The van der Waals surface area contributed by atoms with E-state index < -0.39 is 11.6 Å². The van der Waals surface area contributed by atoms with Gasteiger partial charge in [-0.05, 0) is 40.1 Å². The number of amides is 2. The number of nitrogens with two attached hydrogens (primary N) is 1. The molecule has 0 saturated carbocycles. The van der Waals surface area contributed by atoms with Crippen LogP contribution in [0.4, 0.5) is 4.79 Å². The largest absolute Gasteiger partial charge is 0.350 e. The van der Waals surface area contributed by atoms with E-state index in [9.17, 15) is 10.0 Å². The standard InChI is InChI=1S/C21H20N2O2S2/c1-2-11-21(23(25)20(22)24,16-12-26-18-9-5-3-7-14(16)18)17-13-27-19-10-6-4-8-15(17)19/h3-10,12-13,25H,2,11H2,1H3,(H2,22,24). The third-order valence-corrected chi connectivity index (χ3v) is 6.96. The minimum absolute atomic E-state index is 0.563. The van der Waals surface area contributed by atoms with Crippen LogP contribution >= 0.6 is 22.7 Å². The van der Waals surface area contributed by atoms with Gasteiger partial charge in [-0.1, -0.05) is 49.7 Å². The molecule has 4 nitrogen and oxygen atoms in total. The van der Waals surface area contributed by atoms with Crippen LogP contribution < -0.4 is 5.73 Å². The molecule has 0 aliphatic rings. The SMILES string of the molecule is CCCC(c1csc2ccccc12)(c1csc2ccccc12)N(O)C(N)=O. The van der Waals surface area contributed by atoms with Crippen molar-refractivity contribution >= 4 is 48.9 Å². The van der Waals surface area contributed by atoms with Crippen molar-refractivity contribution in [3.63, 3.8) is 0 Å². The van der Waals surface area contributed by atoms with E-state index in [1.807, 2.05) is 54.1 Å². The summed E-state index contributed by atoms with van der Waals surface area (Å²) in [6, 6.07) is 15.3. The van der Waals surface area contributed by atoms with Crippen molar-refractivity contribution in [2.24, 2.45) is 5.73 Å². The van der Waals surface area contributed by atoms with Crippen LogP contribution in [0.1, 0.15) is 30.9 Å². The number of carbonyl (C=O) groups is 1. The monoisotopic (exact) mass is 396 g/mol. The van der Waals surface area contributed by atoms with Crippen LogP contribution in [-0.2, 0) is 5.54 Å². The number of benzene rings is 2. The first-order chi connectivity index (χ1) is 13.1. The van der Waals surface area contributed by atoms with Gasteiger partial charge >= 0.3 is 6.03 Å². The number of rotatable bonds is 5. The molecule has 0 unspecified atom stereocenters. The lowest BCUT2D eigenvalue weighted by Gasteiger charge is -2.39. The van der Waals surface area contributed by atoms with Crippen molar-refractivity contribution in [1.29, 1.82) is 0 Å². The van der Waals surface area contributed by atoms with Crippen molar-refractivity contribution in [2.45, 2.75) is 25.3 Å². The Balaban J connectivity index is 2.10. The highest BCUT2D eigenvalue weighted by Crippen LogP contribution is 2.48. The first-order valence-corrected chi connectivity index (χ1v) is 10.6. The number of primary amides is 1. The fraction of sp³-hybridized carbons (Fsp3) is 0.190. The van der Waals surface area contributed by atoms with Gasteiger partial charge in [-0.15, -0.1) is 22.7 Å². The predicted octanol–water partition coefficient (Wildman–Crippen LogP) is 5.93. The fourth-order valence-corrected chi connectivity index (χ4v) is 5.95. The van der Waals surface area contributed by atoms with Crippen LogP contribution in [0.5, 0.6) is 0 Å². The number of nitrogens with zero attached hydrogens (tertiary/aromatic N) is 1. The summed E-state index contributed by atoms with van der Waals surface area (Å²) in [5, 5.41) is 17.9. The Morgan fingerprint density at radius 3 is 1.93 bits per heavy atom. The van der Waals surface area contributed by atoms with Gasteiger partial charge in [0.2, 0.25) is 0 Å². The number of thiophene rings is 2. The van der Waals surface area contributed by atoms with Crippen molar-refractivity contribution < 1.29 is 10.0 Å². The average Bonchev–Trinajstić information content (AvgIpc) is 3.30. The Kier molecular flexibility index (Phi) is 4.63. The molecule has 2 amide bonds. The number of carbonyl (C=O) groups excluding carboxylic acids is 1. The fourth-order valence-electron chi connectivity index (χ4n) is 3.89.